The maximum atomic E-state index is 13.7. The monoisotopic (exact) mass is 420 g/mol. The van der Waals surface area contributed by atoms with Crippen LogP contribution in [0.5, 0.6) is 5.75 Å². The van der Waals surface area contributed by atoms with E-state index in [4.69, 9.17) is 4.42 Å². The standard InChI is InChI=1S/C21H16F4N2O3/c22-15-5-3-6-16-19(15)29-20(27-16)26-13-10-8-12(9-11-13)18(28)14-4-1-2-7-17(14)30-21(23,24)25/h1-8,13H,9-11H2,(H,26,27)/t13-/m0/s1. The number of nitrogens with zero attached hydrogens (tertiary/aromatic N) is 1. The van der Waals surface area contributed by atoms with Crippen LogP contribution in [0, 0.1) is 5.82 Å². The normalized spacial score (nSPS) is 16.9. The number of hydrogen-bond acceptors (Lipinski definition) is 5. The van der Waals surface area contributed by atoms with Crippen molar-refractivity contribution in [1.29, 1.82) is 0 Å². The van der Waals surface area contributed by atoms with E-state index in [9.17, 15) is 22.4 Å². The second-order valence-corrected chi connectivity index (χ2v) is 6.83. The summed E-state index contributed by atoms with van der Waals surface area (Å²) in [6.07, 6.45) is -1.89. The number of carbonyl (C=O) groups is 1. The lowest BCUT2D eigenvalue weighted by atomic mass is 9.90. The first-order valence-corrected chi connectivity index (χ1v) is 9.20. The van der Waals surface area contributed by atoms with Gasteiger partial charge >= 0.3 is 6.36 Å². The number of ketones is 1. The van der Waals surface area contributed by atoms with Gasteiger partial charge in [0.05, 0.1) is 5.56 Å². The highest BCUT2D eigenvalue weighted by atomic mass is 19.4. The lowest BCUT2D eigenvalue weighted by Gasteiger charge is -2.22. The van der Waals surface area contributed by atoms with E-state index in [1.807, 2.05) is 0 Å². The van der Waals surface area contributed by atoms with Crippen molar-refractivity contribution in [2.24, 2.45) is 0 Å². The summed E-state index contributed by atoms with van der Waals surface area (Å²) >= 11 is 0. The highest BCUT2D eigenvalue weighted by molar-refractivity contribution is 6.10. The van der Waals surface area contributed by atoms with E-state index < -0.39 is 23.7 Å². The number of halogens is 4. The number of Topliss-reactive ketones (excluding diaryl/α,β-unsaturated/α-hetero) is 1. The number of hydrogen-bond donors (Lipinski definition) is 1. The van der Waals surface area contributed by atoms with Gasteiger partial charge in [-0.25, -0.2) is 4.39 Å². The maximum Gasteiger partial charge on any atom is 0.573 e. The Kier molecular flexibility index (Phi) is 5.19. The zero-order chi connectivity index (χ0) is 21.3. The molecule has 5 nitrogen and oxygen atoms in total. The fraction of sp³-hybridized carbons (Fsp3) is 0.238. The lowest BCUT2D eigenvalue weighted by molar-refractivity contribution is -0.274. The fourth-order valence-corrected chi connectivity index (χ4v) is 3.36. The van der Waals surface area contributed by atoms with Crippen LogP contribution in [-0.4, -0.2) is 23.2 Å². The first kappa shape index (κ1) is 19.9. The number of nitrogens with one attached hydrogen (secondary N) is 1. The van der Waals surface area contributed by atoms with Crippen molar-refractivity contribution in [2.45, 2.75) is 31.7 Å². The molecule has 1 N–H and O–H groups in total. The number of anilines is 1. The Hall–Kier alpha value is -3.36. The van der Waals surface area contributed by atoms with Crippen LogP contribution in [-0.2, 0) is 0 Å². The molecule has 1 atom stereocenters. The molecule has 0 fully saturated rings. The Labute approximate surface area is 168 Å². The van der Waals surface area contributed by atoms with Crippen LogP contribution in [0.4, 0.5) is 23.6 Å². The van der Waals surface area contributed by atoms with Gasteiger partial charge in [-0.15, -0.1) is 13.2 Å². The SMILES string of the molecule is O=C(C1=CC[C@H](Nc2nc3cccc(F)c3o2)CC1)c1ccccc1OC(F)(F)F. The molecule has 2 aromatic carbocycles. The predicted molar refractivity (Wildman–Crippen MR) is 101 cm³/mol. The van der Waals surface area contributed by atoms with Crippen LogP contribution < -0.4 is 10.1 Å². The molecule has 1 aromatic heterocycles. The van der Waals surface area contributed by atoms with Crippen molar-refractivity contribution in [3.05, 3.63) is 65.5 Å². The van der Waals surface area contributed by atoms with Gasteiger partial charge in [0.2, 0.25) is 0 Å². The second-order valence-electron chi connectivity index (χ2n) is 6.83. The largest absolute Gasteiger partial charge is 0.573 e. The van der Waals surface area contributed by atoms with E-state index in [1.54, 1.807) is 12.1 Å². The molecule has 0 spiro atoms. The number of allylic oxidation sites excluding steroid dienone is 1. The number of rotatable bonds is 5. The molecule has 0 radical (unpaired) electrons. The van der Waals surface area contributed by atoms with Crippen molar-refractivity contribution in [1.82, 2.24) is 4.98 Å². The molecule has 0 saturated heterocycles. The van der Waals surface area contributed by atoms with Gasteiger partial charge in [-0.05, 0) is 49.1 Å². The summed E-state index contributed by atoms with van der Waals surface area (Å²) in [6.45, 7) is 0. The third-order valence-electron chi connectivity index (χ3n) is 4.75. The van der Waals surface area contributed by atoms with Crippen molar-refractivity contribution in [3.63, 3.8) is 0 Å². The first-order valence-electron chi connectivity index (χ1n) is 9.20. The van der Waals surface area contributed by atoms with Crippen LogP contribution in [0.2, 0.25) is 0 Å². The summed E-state index contributed by atoms with van der Waals surface area (Å²) in [5, 5.41) is 3.07. The first-order chi connectivity index (χ1) is 14.3. The molecular weight excluding hydrogens is 404 g/mol. The second kappa shape index (κ2) is 7.81. The van der Waals surface area contributed by atoms with Gasteiger partial charge in [0, 0.05) is 6.04 Å². The molecule has 1 aliphatic rings. The Bertz CT molecular complexity index is 1120. The number of alkyl halides is 3. The highest BCUT2D eigenvalue weighted by Gasteiger charge is 2.33. The molecular formula is C21H16F4N2O3. The summed E-state index contributed by atoms with van der Waals surface area (Å²) in [6, 6.07) is 9.77. The van der Waals surface area contributed by atoms with Crippen LogP contribution >= 0.6 is 0 Å². The number of ether oxygens (including phenoxy) is 1. The molecule has 4 rings (SSSR count). The number of carbonyl (C=O) groups excluding carboxylic acids is 1. The summed E-state index contributed by atoms with van der Waals surface area (Å²) in [7, 11) is 0. The van der Waals surface area contributed by atoms with E-state index in [1.165, 1.54) is 30.3 Å². The molecule has 0 bridgehead atoms. The zero-order valence-electron chi connectivity index (χ0n) is 15.5. The fourth-order valence-electron chi connectivity index (χ4n) is 3.36. The Morgan fingerprint density at radius 3 is 2.67 bits per heavy atom. The van der Waals surface area contributed by atoms with Gasteiger partial charge in [0.1, 0.15) is 11.3 Å². The third-order valence-corrected chi connectivity index (χ3v) is 4.75. The highest BCUT2D eigenvalue weighted by Crippen LogP contribution is 2.31. The summed E-state index contributed by atoms with van der Waals surface area (Å²) in [5.74, 6) is -1.54. The number of fused-ring (bicyclic) bond motifs is 1. The summed E-state index contributed by atoms with van der Waals surface area (Å²) in [5.41, 5.74) is 0.723. The zero-order valence-corrected chi connectivity index (χ0v) is 15.5. The quantitative estimate of drug-likeness (QED) is 0.428. The average molecular weight is 420 g/mol. The van der Waals surface area contributed by atoms with Gasteiger partial charge in [0.15, 0.2) is 17.2 Å². The molecule has 9 heteroatoms. The van der Waals surface area contributed by atoms with Crippen molar-refractivity contribution < 1.29 is 31.5 Å². The lowest BCUT2D eigenvalue weighted by Crippen LogP contribution is -2.24. The number of aromatic nitrogens is 1. The van der Waals surface area contributed by atoms with Crippen LogP contribution in [0.1, 0.15) is 29.6 Å². The van der Waals surface area contributed by atoms with Gasteiger partial charge in [-0.1, -0.05) is 24.3 Å². The van der Waals surface area contributed by atoms with E-state index >= 15 is 0 Å². The van der Waals surface area contributed by atoms with Crippen LogP contribution in [0.15, 0.2) is 58.5 Å². The van der Waals surface area contributed by atoms with Gasteiger partial charge in [-0.2, -0.15) is 4.98 Å². The minimum Gasteiger partial charge on any atom is -0.420 e. The smallest absolute Gasteiger partial charge is 0.420 e. The topological polar surface area (TPSA) is 64.4 Å². The molecule has 1 aliphatic carbocycles. The van der Waals surface area contributed by atoms with Crippen molar-refractivity contribution >= 4 is 22.9 Å². The Balaban J connectivity index is 1.46. The van der Waals surface area contributed by atoms with Crippen LogP contribution in [0.3, 0.4) is 0 Å². The molecule has 0 saturated carbocycles. The third kappa shape index (κ3) is 4.29. The van der Waals surface area contributed by atoms with Gasteiger partial charge in [0.25, 0.3) is 6.01 Å². The number of para-hydroxylation sites is 2. The molecule has 0 unspecified atom stereocenters. The molecule has 30 heavy (non-hydrogen) atoms. The van der Waals surface area contributed by atoms with E-state index in [2.05, 4.69) is 15.0 Å². The Morgan fingerprint density at radius 2 is 1.97 bits per heavy atom. The van der Waals surface area contributed by atoms with Gasteiger partial charge < -0.3 is 14.5 Å². The minimum absolute atomic E-state index is 0.0588. The van der Waals surface area contributed by atoms with Crippen molar-refractivity contribution in [3.8, 4) is 5.75 Å². The summed E-state index contributed by atoms with van der Waals surface area (Å²) < 4.78 is 60.9. The molecule has 0 amide bonds. The summed E-state index contributed by atoms with van der Waals surface area (Å²) in [4.78, 5) is 16.9. The van der Waals surface area contributed by atoms with Crippen molar-refractivity contribution in [2.75, 3.05) is 5.32 Å². The molecule has 156 valence electrons. The predicted octanol–water partition coefficient (Wildman–Crippen LogP) is 5.64. The number of oxazole rings is 1. The molecule has 1 heterocycles. The molecule has 0 aliphatic heterocycles. The van der Waals surface area contributed by atoms with Gasteiger partial charge in [-0.3, -0.25) is 4.79 Å². The van der Waals surface area contributed by atoms with Crippen LogP contribution in [0.25, 0.3) is 11.1 Å². The Morgan fingerprint density at radius 1 is 1.17 bits per heavy atom. The average Bonchev–Trinajstić information content (AvgIpc) is 3.11. The number of benzene rings is 2. The van der Waals surface area contributed by atoms with E-state index in [0.717, 1.165) is 6.07 Å². The molecule has 3 aromatic rings. The minimum atomic E-state index is -4.88. The van der Waals surface area contributed by atoms with E-state index in [-0.39, 0.29) is 23.2 Å². The maximum absolute atomic E-state index is 13.7. The van der Waals surface area contributed by atoms with E-state index in [0.29, 0.717) is 30.4 Å².